The average Bonchev–Trinajstić information content (AvgIpc) is 1.87. The van der Waals surface area contributed by atoms with Gasteiger partial charge in [-0.05, 0) is 6.92 Å². The number of hydrazine groups is 1. The molecule has 0 bridgehead atoms. The minimum Gasteiger partial charge on any atom is -0.299 e. The molecule has 0 saturated heterocycles. The van der Waals surface area contributed by atoms with Crippen molar-refractivity contribution in [2.75, 3.05) is 6.54 Å². The van der Waals surface area contributed by atoms with Gasteiger partial charge in [0.25, 0.3) is 0 Å². The third kappa shape index (κ3) is 0.899. The van der Waals surface area contributed by atoms with Gasteiger partial charge in [0.1, 0.15) is 0 Å². The zero-order valence-corrected chi connectivity index (χ0v) is 4.33. The summed E-state index contributed by atoms with van der Waals surface area (Å²) in [5, 5.41) is 1.59. The van der Waals surface area contributed by atoms with Gasteiger partial charge in [-0.15, -0.1) is 0 Å². The second-order valence-electron chi connectivity index (χ2n) is 1.81. The Morgan fingerprint density at radius 3 is 2.86 bits per heavy atom. The molecule has 0 aliphatic carbocycles. The number of hydrogen-bond acceptors (Lipinski definition) is 3. The summed E-state index contributed by atoms with van der Waals surface area (Å²) in [7, 11) is 0. The minimum atomic E-state index is 0.394. The van der Waals surface area contributed by atoms with Crippen LogP contribution in [0, 0.1) is 0 Å². The van der Waals surface area contributed by atoms with Crippen molar-refractivity contribution in [1.82, 2.24) is 5.01 Å². The van der Waals surface area contributed by atoms with E-state index in [-0.39, 0.29) is 0 Å². The summed E-state index contributed by atoms with van der Waals surface area (Å²) < 4.78 is 0. The summed E-state index contributed by atoms with van der Waals surface area (Å²) >= 11 is 0. The van der Waals surface area contributed by atoms with E-state index in [1.54, 1.807) is 11.3 Å². The van der Waals surface area contributed by atoms with Gasteiger partial charge in [-0.3, -0.25) is 10.0 Å². The summed E-state index contributed by atoms with van der Waals surface area (Å²) in [6.45, 7) is 2.89. The predicted molar refractivity (Wildman–Crippen MR) is 28.8 cm³/mol. The molecule has 0 fully saturated rings. The highest BCUT2D eigenvalue weighted by molar-refractivity contribution is 5.56. The summed E-state index contributed by atoms with van der Waals surface area (Å²) in [5.74, 6) is 5.31. The molecule has 1 aliphatic heterocycles. The summed E-state index contributed by atoms with van der Waals surface area (Å²) in [4.78, 5) is 3.99. The lowest BCUT2D eigenvalue weighted by Gasteiger charge is -2.03. The van der Waals surface area contributed by atoms with Crippen molar-refractivity contribution in [2.24, 2.45) is 10.8 Å². The molecule has 1 heterocycles. The van der Waals surface area contributed by atoms with Crippen LogP contribution in [0.15, 0.2) is 4.99 Å². The Bertz CT molecular complexity index is 78.9. The predicted octanol–water partition coefficient (Wildman–Crippen LogP) is -0.407. The Morgan fingerprint density at radius 2 is 2.71 bits per heavy atom. The van der Waals surface area contributed by atoms with Gasteiger partial charge in [-0.2, -0.15) is 0 Å². The van der Waals surface area contributed by atoms with Crippen LogP contribution in [-0.4, -0.2) is 23.9 Å². The fourth-order valence-electron chi connectivity index (χ4n) is 0.599. The molecule has 0 aromatic heterocycles. The van der Waals surface area contributed by atoms with Gasteiger partial charge in [-0.25, -0.2) is 5.84 Å². The first kappa shape index (κ1) is 4.59. The fourth-order valence-corrected chi connectivity index (χ4v) is 0.599. The molecule has 0 spiro atoms. The van der Waals surface area contributed by atoms with E-state index in [9.17, 15) is 0 Å². The molecule has 7 heavy (non-hydrogen) atoms. The quantitative estimate of drug-likeness (QED) is 0.419. The molecular weight excluding hydrogens is 90.1 g/mol. The van der Waals surface area contributed by atoms with Crippen LogP contribution < -0.4 is 5.84 Å². The number of nitrogens with two attached hydrogens (primary N) is 1. The first-order chi connectivity index (χ1) is 3.29. The molecule has 0 radical (unpaired) electrons. The normalized spacial score (nSPS) is 29.4. The van der Waals surface area contributed by atoms with Crippen LogP contribution in [0.25, 0.3) is 0 Å². The summed E-state index contributed by atoms with van der Waals surface area (Å²) in [6.07, 6.45) is 1.66. The molecule has 0 amide bonds. The highest BCUT2D eigenvalue weighted by Gasteiger charge is 2.06. The van der Waals surface area contributed by atoms with Gasteiger partial charge in [-0.1, -0.05) is 0 Å². The molecule has 0 aromatic carbocycles. The van der Waals surface area contributed by atoms with E-state index < -0.39 is 0 Å². The zero-order valence-electron chi connectivity index (χ0n) is 4.33. The van der Waals surface area contributed by atoms with E-state index in [0.717, 1.165) is 6.54 Å². The van der Waals surface area contributed by atoms with Gasteiger partial charge >= 0.3 is 0 Å². The van der Waals surface area contributed by atoms with Crippen LogP contribution in [0.4, 0.5) is 0 Å². The number of aliphatic imine (C=N–C) groups is 1. The molecule has 0 saturated carbocycles. The second kappa shape index (κ2) is 1.50. The van der Waals surface area contributed by atoms with Crippen molar-refractivity contribution in [3.05, 3.63) is 0 Å². The minimum absolute atomic E-state index is 0.394. The van der Waals surface area contributed by atoms with Crippen molar-refractivity contribution in [1.29, 1.82) is 0 Å². The third-order valence-electron chi connectivity index (χ3n) is 0.945. The highest BCUT2D eigenvalue weighted by Crippen LogP contribution is 1.95. The van der Waals surface area contributed by atoms with Crippen LogP contribution in [0.1, 0.15) is 6.92 Å². The molecule has 2 N–H and O–H groups in total. The van der Waals surface area contributed by atoms with Crippen LogP contribution in [0.2, 0.25) is 0 Å². The lowest BCUT2D eigenvalue weighted by atomic mass is 10.4. The van der Waals surface area contributed by atoms with Gasteiger partial charge in [0, 0.05) is 0 Å². The van der Waals surface area contributed by atoms with Gasteiger partial charge in [0.2, 0.25) is 0 Å². The smallest absolute Gasteiger partial charge is 0.0995 e. The molecule has 3 heteroatoms. The van der Waals surface area contributed by atoms with Crippen molar-refractivity contribution in [3.63, 3.8) is 0 Å². The van der Waals surface area contributed by atoms with E-state index in [1.165, 1.54) is 0 Å². The highest BCUT2D eigenvalue weighted by atomic mass is 15.4. The molecule has 1 rings (SSSR count). The Kier molecular flexibility index (Phi) is 0.982. The standard InChI is InChI=1S/C4H9N3/c1-4-2-7(5)3-6-4/h3-4H,2,5H2,1H3. The number of hydrogen-bond donors (Lipinski definition) is 1. The summed E-state index contributed by atoms with van der Waals surface area (Å²) in [6, 6.07) is 0.394. The van der Waals surface area contributed by atoms with Crippen LogP contribution >= 0.6 is 0 Å². The Hall–Kier alpha value is -0.570. The number of rotatable bonds is 0. The Morgan fingerprint density at radius 1 is 2.00 bits per heavy atom. The maximum atomic E-state index is 5.31. The van der Waals surface area contributed by atoms with E-state index in [2.05, 4.69) is 4.99 Å². The Balaban J connectivity index is 2.42. The largest absolute Gasteiger partial charge is 0.299 e. The van der Waals surface area contributed by atoms with Gasteiger partial charge < -0.3 is 0 Å². The van der Waals surface area contributed by atoms with E-state index in [4.69, 9.17) is 5.84 Å². The molecule has 40 valence electrons. The monoisotopic (exact) mass is 99.1 g/mol. The fraction of sp³-hybridized carbons (Fsp3) is 0.750. The van der Waals surface area contributed by atoms with Gasteiger partial charge in [0.05, 0.1) is 18.9 Å². The van der Waals surface area contributed by atoms with Crippen LogP contribution in [0.5, 0.6) is 0 Å². The zero-order chi connectivity index (χ0) is 5.28. The molecule has 1 atom stereocenters. The molecule has 3 nitrogen and oxygen atoms in total. The van der Waals surface area contributed by atoms with Crippen LogP contribution in [-0.2, 0) is 0 Å². The van der Waals surface area contributed by atoms with E-state index in [1.807, 2.05) is 6.92 Å². The van der Waals surface area contributed by atoms with Crippen LogP contribution in [0.3, 0.4) is 0 Å². The SMILES string of the molecule is CC1CN(N)C=N1. The lowest BCUT2D eigenvalue weighted by molar-refractivity contribution is 0.461. The second-order valence-corrected chi connectivity index (χ2v) is 1.81. The molecule has 0 aromatic rings. The van der Waals surface area contributed by atoms with Gasteiger partial charge in [0.15, 0.2) is 0 Å². The number of nitrogens with zero attached hydrogens (tertiary/aromatic N) is 2. The van der Waals surface area contributed by atoms with E-state index in [0.29, 0.717) is 6.04 Å². The third-order valence-corrected chi connectivity index (χ3v) is 0.945. The van der Waals surface area contributed by atoms with Crippen molar-refractivity contribution in [2.45, 2.75) is 13.0 Å². The lowest BCUT2D eigenvalue weighted by Crippen LogP contribution is -2.28. The van der Waals surface area contributed by atoms with E-state index >= 15 is 0 Å². The topological polar surface area (TPSA) is 41.6 Å². The maximum absolute atomic E-state index is 5.31. The van der Waals surface area contributed by atoms with Crippen molar-refractivity contribution >= 4 is 6.34 Å². The first-order valence-corrected chi connectivity index (χ1v) is 2.33. The maximum Gasteiger partial charge on any atom is 0.0995 e. The van der Waals surface area contributed by atoms with Crippen molar-refractivity contribution in [3.8, 4) is 0 Å². The first-order valence-electron chi connectivity index (χ1n) is 2.33. The average molecular weight is 99.1 g/mol. The Labute approximate surface area is 42.8 Å². The molecule has 1 aliphatic rings. The molecule has 1 unspecified atom stereocenters. The van der Waals surface area contributed by atoms with Crippen molar-refractivity contribution < 1.29 is 0 Å². The molecular formula is C4H9N3. The summed E-state index contributed by atoms with van der Waals surface area (Å²) in [5.41, 5.74) is 0.